The molecule has 1 fully saturated rings. The van der Waals surface area contributed by atoms with Gasteiger partial charge in [-0.25, -0.2) is 9.97 Å². The van der Waals surface area contributed by atoms with Crippen molar-refractivity contribution < 1.29 is 0 Å². The Balaban J connectivity index is 1.54. The van der Waals surface area contributed by atoms with Gasteiger partial charge in [-0.15, -0.1) is 10.2 Å². The Morgan fingerprint density at radius 3 is 2.59 bits per heavy atom. The standard InChI is InChI=1S/C15H17N7/c1-11-3-4-13-18-19-14(22(13)20-11)12-5-9-21(10-6-12)15-16-7-2-8-17-15/h2-4,7-8,12H,5-6,9-10H2,1H3. The number of piperidine rings is 1. The molecule has 0 radical (unpaired) electrons. The Morgan fingerprint density at radius 1 is 1.05 bits per heavy atom. The highest BCUT2D eigenvalue weighted by atomic mass is 15.4. The van der Waals surface area contributed by atoms with Gasteiger partial charge in [0.15, 0.2) is 11.5 Å². The molecule has 0 bridgehead atoms. The molecule has 7 heteroatoms. The van der Waals surface area contributed by atoms with Crippen LogP contribution in [0.4, 0.5) is 5.95 Å². The first-order valence-electron chi connectivity index (χ1n) is 7.52. The van der Waals surface area contributed by atoms with Crippen LogP contribution in [-0.4, -0.2) is 42.9 Å². The second kappa shape index (κ2) is 5.32. The summed E-state index contributed by atoms with van der Waals surface area (Å²) in [5, 5.41) is 13.1. The van der Waals surface area contributed by atoms with Crippen LogP contribution in [0.25, 0.3) is 5.65 Å². The first kappa shape index (κ1) is 13.1. The minimum atomic E-state index is 0.379. The second-order valence-corrected chi connectivity index (χ2v) is 5.61. The molecular weight excluding hydrogens is 278 g/mol. The SMILES string of the molecule is Cc1ccc2nnc(C3CCN(c4ncccn4)CC3)n2n1. The topological polar surface area (TPSA) is 72.1 Å². The molecule has 0 amide bonds. The van der Waals surface area contributed by atoms with E-state index in [2.05, 4.69) is 30.2 Å². The molecule has 1 aliphatic heterocycles. The van der Waals surface area contributed by atoms with E-state index in [4.69, 9.17) is 0 Å². The summed E-state index contributed by atoms with van der Waals surface area (Å²) in [6, 6.07) is 5.77. The van der Waals surface area contributed by atoms with Gasteiger partial charge in [0.25, 0.3) is 0 Å². The van der Waals surface area contributed by atoms with E-state index >= 15 is 0 Å². The molecule has 3 aromatic heterocycles. The normalized spacial score (nSPS) is 16.3. The van der Waals surface area contributed by atoms with Gasteiger partial charge in [-0.1, -0.05) is 0 Å². The zero-order valence-electron chi connectivity index (χ0n) is 12.4. The van der Waals surface area contributed by atoms with E-state index in [-0.39, 0.29) is 0 Å². The van der Waals surface area contributed by atoms with Gasteiger partial charge in [0.2, 0.25) is 5.95 Å². The van der Waals surface area contributed by atoms with Crippen LogP contribution in [0.1, 0.15) is 30.3 Å². The molecule has 112 valence electrons. The molecule has 1 aliphatic rings. The van der Waals surface area contributed by atoms with Gasteiger partial charge in [0.1, 0.15) is 0 Å². The summed E-state index contributed by atoms with van der Waals surface area (Å²) in [6.07, 6.45) is 5.59. The van der Waals surface area contributed by atoms with E-state index in [9.17, 15) is 0 Å². The number of nitrogens with zero attached hydrogens (tertiary/aromatic N) is 7. The maximum atomic E-state index is 4.54. The van der Waals surface area contributed by atoms with Crippen LogP contribution in [0.2, 0.25) is 0 Å². The van der Waals surface area contributed by atoms with Gasteiger partial charge in [-0.05, 0) is 38.0 Å². The van der Waals surface area contributed by atoms with E-state index in [0.717, 1.165) is 49.0 Å². The van der Waals surface area contributed by atoms with Crippen LogP contribution < -0.4 is 4.90 Å². The number of aryl methyl sites for hydroxylation is 1. The number of fused-ring (bicyclic) bond motifs is 1. The van der Waals surface area contributed by atoms with Gasteiger partial charge in [-0.3, -0.25) is 0 Å². The minimum absolute atomic E-state index is 0.379. The largest absolute Gasteiger partial charge is 0.341 e. The lowest BCUT2D eigenvalue weighted by Crippen LogP contribution is -2.34. The molecule has 3 aromatic rings. The Bertz CT molecular complexity index is 775. The lowest BCUT2D eigenvalue weighted by Gasteiger charge is -2.30. The molecule has 7 nitrogen and oxygen atoms in total. The lowest BCUT2D eigenvalue weighted by atomic mass is 9.96. The second-order valence-electron chi connectivity index (χ2n) is 5.61. The molecule has 0 N–H and O–H groups in total. The number of rotatable bonds is 2. The van der Waals surface area contributed by atoms with Gasteiger partial charge in [-0.2, -0.15) is 9.61 Å². The van der Waals surface area contributed by atoms with Crippen molar-refractivity contribution in [2.24, 2.45) is 0 Å². The molecule has 0 aliphatic carbocycles. The van der Waals surface area contributed by atoms with Crippen LogP contribution in [0.3, 0.4) is 0 Å². The van der Waals surface area contributed by atoms with Gasteiger partial charge >= 0.3 is 0 Å². The highest BCUT2D eigenvalue weighted by Crippen LogP contribution is 2.28. The smallest absolute Gasteiger partial charge is 0.225 e. The zero-order chi connectivity index (χ0) is 14.9. The van der Waals surface area contributed by atoms with E-state index in [1.807, 2.05) is 29.6 Å². The average Bonchev–Trinajstić information content (AvgIpc) is 2.99. The summed E-state index contributed by atoms with van der Waals surface area (Å²) in [5.74, 6) is 2.15. The maximum Gasteiger partial charge on any atom is 0.225 e. The average molecular weight is 295 g/mol. The van der Waals surface area contributed by atoms with Crippen molar-refractivity contribution >= 4 is 11.6 Å². The monoisotopic (exact) mass is 295 g/mol. The number of hydrogen-bond donors (Lipinski definition) is 0. The summed E-state index contributed by atoms with van der Waals surface area (Å²) in [6.45, 7) is 3.84. The fourth-order valence-corrected chi connectivity index (χ4v) is 2.94. The predicted molar refractivity (Wildman–Crippen MR) is 81.7 cm³/mol. The van der Waals surface area contributed by atoms with Crippen LogP contribution in [-0.2, 0) is 0 Å². The molecule has 0 atom stereocenters. The van der Waals surface area contributed by atoms with Crippen molar-refractivity contribution in [3.05, 3.63) is 42.1 Å². The van der Waals surface area contributed by atoms with Crippen LogP contribution in [0.5, 0.6) is 0 Å². The Hall–Kier alpha value is -2.57. The lowest BCUT2D eigenvalue weighted by molar-refractivity contribution is 0.472. The van der Waals surface area contributed by atoms with Gasteiger partial charge in [0.05, 0.1) is 5.69 Å². The van der Waals surface area contributed by atoms with Crippen molar-refractivity contribution in [2.75, 3.05) is 18.0 Å². The van der Waals surface area contributed by atoms with Crippen LogP contribution in [0.15, 0.2) is 30.6 Å². The third-order valence-corrected chi connectivity index (χ3v) is 4.12. The maximum absolute atomic E-state index is 4.54. The molecule has 4 heterocycles. The summed E-state index contributed by atoms with van der Waals surface area (Å²) < 4.78 is 1.88. The summed E-state index contributed by atoms with van der Waals surface area (Å²) in [4.78, 5) is 10.9. The van der Waals surface area contributed by atoms with Crippen molar-refractivity contribution in [2.45, 2.75) is 25.7 Å². The van der Waals surface area contributed by atoms with Crippen LogP contribution >= 0.6 is 0 Å². The van der Waals surface area contributed by atoms with Crippen molar-refractivity contribution in [3.63, 3.8) is 0 Å². The molecule has 0 spiro atoms. The molecule has 0 saturated carbocycles. The molecule has 0 aromatic carbocycles. The van der Waals surface area contributed by atoms with Crippen molar-refractivity contribution in [1.29, 1.82) is 0 Å². The fraction of sp³-hybridized carbons (Fsp3) is 0.400. The number of aromatic nitrogens is 6. The van der Waals surface area contributed by atoms with Gasteiger partial charge < -0.3 is 4.90 Å². The highest BCUT2D eigenvalue weighted by molar-refractivity contribution is 5.37. The Kier molecular flexibility index (Phi) is 3.17. The summed E-state index contributed by atoms with van der Waals surface area (Å²) >= 11 is 0. The van der Waals surface area contributed by atoms with E-state index in [1.54, 1.807) is 12.4 Å². The zero-order valence-corrected chi connectivity index (χ0v) is 12.4. The third-order valence-electron chi connectivity index (χ3n) is 4.12. The number of hydrogen-bond acceptors (Lipinski definition) is 6. The van der Waals surface area contributed by atoms with E-state index < -0.39 is 0 Å². The predicted octanol–water partition coefficient (Wildman–Crippen LogP) is 1.61. The first-order valence-corrected chi connectivity index (χ1v) is 7.52. The van der Waals surface area contributed by atoms with Crippen LogP contribution in [0, 0.1) is 6.92 Å². The molecule has 4 rings (SSSR count). The molecular formula is C15H17N7. The quantitative estimate of drug-likeness (QED) is 0.715. The molecule has 0 unspecified atom stereocenters. The minimum Gasteiger partial charge on any atom is -0.341 e. The third kappa shape index (κ3) is 2.28. The van der Waals surface area contributed by atoms with Crippen molar-refractivity contribution in [3.8, 4) is 0 Å². The Labute approximate surface area is 128 Å². The fourth-order valence-electron chi connectivity index (χ4n) is 2.94. The summed E-state index contributed by atoms with van der Waals surface area (Å²) in [7, 11) is 0. The van der Waals surface area contributed by atoms with Crippen molar-refractivity contribution in [1.82, 2.24) is 29.8 Å². The molecule has 22 heavy (non-hydrogen) atoms. The molecule has 1 saturated heterocycles. The Morgan fingerprint density at radius 2 is 1.82 bits per heavy atom. The first-order chi connectivity index (χ1) is 10.8. The van der Waals surface area contributed by atoms with E-state index in [1.165, 1.54) is 0 Å². The van der Waals surface area contributed by atoms with Gasteiger partial charge in [0, 0.05) is 31.4 Å². The van der Waals surface area contributed by atoms with E-state index in [0.29, 0.717) is 5.92 Å². The number of anilines is 1. The summed E-state index contributed by atoms with van der Waals surface area (Å²) in [5.41, 5.74) is 1.79. The highest BCUT2D eigenvalue weighted by Gasteiger charge is 2.26.